The maximum absolute atomic E-state index is 12.3. The Balaban J connectivity index is 2.07. The number of hydrogen-bond donors (Lipinski definition) is 1. The summed E-state index contributed by atoms with van der Waals surface area (Å²) in [5, 5.41) is 2.88. The van der Waals surface area contributed by atoms with Gasteiger partial charge in [-0.15, -0.1) is 0 Å². The molecule has 0 unspecified atom stereocenters. The molecule has 0 spiro atoms. The van der Waals surface area contributed by atoms with Crippen molar-refractivity contribution in [2.24, 2.45) is 0 Å². The molecular formula is C14H20N2O3. The molecule has 0 radical (unpaired) electrons. The van der Waals surface area contributed by atoms with Crippen molar-refractivity contribution in [1.29, 1.82) is 0 Å². The second kappa shape index (κ2) is 6.41. The monoisotopic (exact) mass is 264 g/mol. The highest BCUT2D eigenvalue weighted by Crippen LogP contribution is 2.20. The highest BCUT2D eigenvalue weighted by molar-refractivity contribution is 5.97. The van der Waals surface area contributed by atoms with E-state index in [2.05, 4.69) is 5.32 Å². The first-order chi connectivity index (χ1) is 9.24. The van der Waals surface area contributed by atoms with Crippen molar-refractivity contribution in [2.75, 3.05) is 13.1 Å². The molecule has 5 nitrogen and oxygen atoms in total. The fraction of sp³-hybridized carbons (Fsp3) is 0.571. The van der Waals surface area contributed by atoms with Crippen LogP contribution in [-0.4, -0.2) is 35.8 Å². The Hall–Kier alpha value is -1.78. The molecule has 1 aromatic heterocycles. The van der Waals surface area contributed by atoms with Crippen LogP contribution in [0, 0.1) is 0 Å². The van der Waals surface area contributed by atoms with Gasteiger partial charge in [0.1, 0.15) is 12.3 Å². The summed E-state index contributed by atoms with van der Waals surface area (Å²) in [4.78, 5) is 26.1. The normalized spacial score (nSPS) is 19.2. The molecule has 1 aliphatic rings. The first kappa shape index (κ1) is 13.6. The minimum Gasteiger partial charge on any atom is -0.472 e. The second-order valence-electron chi connectivity index (χ2n) is 4.81. The molecule has 1 N–H and O–H groups in total. The van der Waals surface area contributed by atoms with Crippen molar-refractivity contribution in [1.82, 2.24) is 10.2 Å². The highest BCUT2D eigenvalue weighted by atomic mass is 16.3. The van der Waals surface area contributed by atoms with Gasteiger partial charge < -0.3 is 14.6 Å². The molecule has 2 heterocycles. The molecule has 19 heavy (non-hydrogen) atoms. The Labute approximate surface area is 113 Å². The van der Waals surface area contributed by atoms with Crippen molar-refractivity contribution < 1.29 is 14.0 Å². The predicted molar refractivity (Wildman–Crippen MR) is 70.7 cm³/mol. The van der Waals surface area contributed by atoms with Gasteiger partial charge in [0.25, 0.3) is 5.91 Å². The number of amides is 2. The maximum atomic E-state index is 12.3. The van der Waals surface area contributed by atoms with Crippen LogP contribution in [0.3, 0.4) is 0 Å². The molecule has 5 heteroatoms. The minimum absolute atomic E-state index is 0.0432. The fourth-order valence-corrected chi connectivity index (χ4v) is 2.37. The average Bonchev–Trinajstić information content (AvgIpc) is 2.98. The third-order valence-corrected chi connectivity index (χ3v) is 3.38. The number of nitrogens with one attached hydrogen (secondary N) is 1. The van der Waals surface area contributed by atoms with Crippen LogP contribution >= 0.6 is 0 Å². The van der Waals surface area contributed by atoms with Gasteiger partial charge in [0.05, 0.1) is 11.8 Å². The van der Waals surface area contributed by atoms with E-state index < -0.39 is 0 Å². The summed E-state index contributed by atoms with van der Waals surface area (Å²) >= 11 is 0. The van der Waals surface area contributed by atoms with Crippen molar-refractivity contribution >= 4 is 11.8 Å². The molecular weight excluding hydrogens is 244 g/mol. The standard InChI is InChI=1S/C14H20N2O3/c1-2-7-15-13(17)12-5-3-4-8-16(12)14(18)11-6-9-19-10-11/h6,9-10,12H,2-5,7-8H2,1H3,(H,15,17)/t12-/m1/s1. The van der Waals surface area contributed by atoms with Crippen molar-refractivity contribution in [3.8, 4) is 0 Å². The largest absolute Gasteiger partial charge is 0.472 e. The molecule has 2 amide bonds. The summed E-state index contributed by atoms with van der Waals surface area (Å²) < 4.78 is 4.94. The van der Waals surface area contributed by atoms with E-state index in [1.54, 1.807) is 11.0 Å². The molecule has 2 rings (SSSR count). The fourth-order valence-electron chi connectivity index (χ4n) is 2.37. The molecule has 1 fully saturated rings. The summed E-state index contributed by atoms with van der Waals surface area (Å²) in [6.45, 7) is 3.30. The lowest BCUT2D eigenvalue weighted by atomic mass is 10.0. The lowest BCUT2D eigenvalue weighted by Gasteiger charge is -2.34. The van der Waals surface area contributed by atoms with E-state index in [0.717, 1.165) is 25.7 Å². The summed E-state index contributed by atoms with van der Waals surface area (Å²) in [6.07, 6.45) is 6.47. The average molecular weight is 264 g/mol. The first-order valence-corrected chi connectivity index (χ1v) is 6.85. The van der Waals surface area contributed by atoms with E-state index in [9.17, 15) is 9.59 Å². The molecule has 1 saturated heterocycles. The van der Waals surface area contributed by atoms with E-state index in [1.165, 1.54) is 12.5 Å². The Bertz CT molecular complexity index is 428. The number of piperidine rings is 1. The zero-order chi connectivity index (χ0) is 13.7. The van der Waals surface area contributed by atoms with Gasteiger partial charge in [-0.25, -0.2) is 0 Å². The Morgan fingerprint density at radius 3 is 3.00 bits per heavy atom. The molecule has 1 aromatic rings. The number of hydrogen-bond acceptors (Lipinski definition) is 3. The molecule has 0 aromatic carbocycles. The van der Waals surface area contributed by atoms with E-state index in [0.29, 0.717) is 18.7 Å². The topological polar surface area (TPSA) is 62.6 Å². The summed E-state index contributed by atoms with van der Waals surface area (Å²) in [5.74, 6) is -0.163. The van der Waals surface area contributed by atoms with Crippen LogP contribution in [-0.2, 0) is 4.79 Å². The zero-order valence-corrected chi connectivity index (χ0v) is 11.2. The molecule has 1 aliphatic heterocycles. The summed E-state index contributed by atoms with van der Waals surface area (Å²) in [5.41, 5.74) is 0.509. The van der Waals surface area contributed by atoms with E-state index in [4.69, 9.17) is 4.42 Å². The Morgan fingerprint density at radius 2 is 2.32 bits per heavy atom. The first-order valence-electron chi connectivity index (χ1n) is 6.85. The number of furan rings is 1. The number of carbonyl (C=O) groups excluding carboxylic acids is 2. The smallest absolute Gasteiger partial charge is 0.257 e. The number of rotatable bonds is 4. The summed E-state index contributed by atoms with van der Waals surface area (Å²) in [6, 6.07) is 1.29. The van der Waals surface area contributed by atoms with Crippen LogP contribution in [0.15, 0.2) is 23.0 Å². The third-order valence-electron chi connectivity index (χ3n) is 3.38. The van der Waals surface area contributed by atoms with E-state index in [1.807, 2.05) is 6.92 Å². The van der Waals surface area contributed by atoms with Gasteiger partial charge in [0.15, 0.2) is 0 Å². The van der Waals surface area contributed by atoms with Gasteiger partial charge in [0.2, 0.25) is 5.91 Å². The minimum atomic E-state index is -0.345. The van der Waals surface area contributed by atoms with Gasteiger partial charge >= 0.3 is 0 Å². The van der Waals surface area contributed by atoms with Crippen molar-refractivity contribution in [3.63, 3.8) is 0 Å². The Kier molecular flexibility index (Phi) is 4.60. The molecule has 0 aliphatic carbocycles. The molecule has 1 atom stereocenters. The SMILES string of the molecule is CCCNC(=O)[C@H]1CCCCN1C(=O)c1ccoc1. The predicted octanol–water partition coefficient (Wildman–Crippen LogP) is 1.80. The zero-order valence-electron chi connectivity index (χ0n) is 11.2. The number of likely N-dealkylation sites (tertiary alicyclic amines) is 1. The molecule has 0 bridgehead atoms. The number of nitrogens with zero attached hydrogens (tertiary/aromatic N) is 1. The van der Waals surface area contributed by atoms with Crippen LogP contribution < -0.4 is 5.32 Å². The number of carbonyl (C=O) groups is 2. The Morgan fingerprint density at radius 1 is 1.47 bits per heavy atom. The van der Waals surface area contributed by atoms with E-state index >= 15 is 0 Å². The van der Waals surface area contributed by atoms with Gasteiger partial charge in [-0.05, 0) is 31.7 Å². The maximum Gasteiger partial charge on any atom is 0.257 e. The van der Waals surface area contributed by atoms with E-state index in [-0.39, 0.29) is 17.9 Å². The van der Waals surface area contributed by atoms with Crippen LogP contribution in [0.25, 0.3) is 0 Å². The second-order valence-corrected chi connectivity index (χ2v) is 4.81. The lowest BCUT2D eigenvalue weighted by Crippen LogP contribution is -2.52. The van der Waals surface area contributed by atoms with Gasteiger partial charge in [0, 0.05) is 13.1 Å². The van der Waals surface area contributed by atoms with Crippen molar-refractivity contribution in [2.45, 2.75) is 38.6 Å². The molecule has 0 saturated carbocycles. The highest BCUT2D eigenvalue weighted by Gasteiger charge is 2.32. The van der Waals surface area contributed by atoms with Crippen LogP contribution in [0.2, 0.25) is 0 Å². The van der Waals surface area contributed by atoms with Gasteiger partial charge in [-0.2, -0.15) is 0 Å². The molecule has 104 valence electrons. The van der Waals surface area contributed by atoms with Crippen LogP contribution in [0.4, 0.5) is 0 Å². The lowest BCUT2D eigenvalue weighted by molar-refractivity contribution is -0.126. The third kappa shape index (κ3) is 3.16. The van der Waals surface area contributed by atoms with Crippen molar-refractivity contribution in [3.05, 3.63) is 24.2 Å². The summed E-state index contributed by atoms with van der Waals surface area (Å²) in [7, 11) is 0. The van der Waals surface area contributed by atoms with Gasteiger partial charge in [-0.3, -0.25) is 9.59 Å². The van der Waals surface area contributed by atoms with Gasteiger partial charge in [-0.1, -0.05) is 6.92 Å². The van der Waals surface area contributed by atoms with Crippen LogP contribution in [0.1, 0.15) is 43.0 Å². The van der Waals surface area contributed by atoms with Crippen LogP contribution in [0.5, 0.6) is 0 Å². The quantitative estimate of drug-likeness (QED) is 0.902.